The van der Waals surface area contributed by atoms with Crippen LogP contribution in [0.4, 0.5) is 13.2 Å². The van der Waals surface area contributed by atoms with Gasteiger partial charge in [0.15, 0.2) is 0 Å². The summed E-state index contributed by atoms with van der Waals surface area (Å²) >= 11 is 0. The van der Waals surface area contributed by atoms with E-state index in [-0.39, 0.29) is 11.1 Å². The fourth-order valence-corrected chi connectivity index (χ4v) is 2.65. The van der Waals surface area contributed by atoms with Crippen molar-refractivity contribution in [2.45, 2.75) is 18.0 Å². The van der Waals surface area contributed by atoms with Gasteiger partial charge >= 0.3 is 18.1 Å². The molecule has 2 rings (SSSR count). The van der Waals surface area contributed by atoms with Gasteiger partial charge in [0.05, 0.1) is 12.3 Å². The largest absolute Gasteiger partial charge is 0.481 e. The first-order chi connectivity index (χ1) is 10.7. The summed E-state index contributed by atoms with van der Waals surface area (Å²) in [6, 6.07) is 4.79. The number of carbonyl (C=O) groups is 2. The quantitative estimate of drug-likeness (QED) is 0.892. The third-order valence-electron chi connectivity index (χ3n) is 3.72. The topological polar surface area (TPSA) is 74.6 Å². The molecule has 122 valence electrons. The average Bonchev–Trinajstić information content (AvgIpc) is 2.45. The lowest BCUT2D eigenvalue weighted by Crippen LogP contribution is -2.45. The Kier molecular flexibility index (Phi) is 4.31. The van der Waals surface area contributed by atoms with Crippen LogP contribution in [-0.4, -0.2) is 28.3 Å². The number of benzene rings is 1. The number of allylic oxidation sites excluding steroid dienone is 2. The van der Waals surface area contributed by atoms with Crippen molar-refractivity contribution in [3.05, 3.63) is 59.7 Å². The average molecular weight is 326 g/mol. The van der Waals surface area contributed by atoms with E-state index in [9.17, 15) is 33.0 Å². The summed E-state index contributed by atoms with van der Waals surface area (Å²) in [4.78, 5) is 23.2. The molecule has 2 atom stereocenters. The first-order valence-corrected chi connectivity index (χ1v) is 6.65. The number of carboxylic acid groups (broad SMARTS) is 2. The van der Waals surface area contributed by atoms with Crippen LogP contribution in [-0.2, 0) is 21.4 Å². The zero-order chi connectivity index (χ0) is 17.3. The van der Waals surface area contributed by atoms with Gasteiger partial charge in [0.1, 0.15) is 5.41 Å². The fraction of sp³-hybridized carbons (Fsp3) is 0.250. The molecule has 0 saturated heterocycles. The maximum absolute atomic E-state index is 12.4. The normalized spacial score (nSPS) is 23.7. The summed E-state index contributed by atoms with van der Waals surface area (Å²) in [7, 11) is 0. The molecule has 0 radical (unpaired) electrons. The molecule has 2 N–H and O–H groups in total. The van der Waals surface area contributed by atoms with Gasteiger partial charge in [-0.05, 0) is 11.1 Å². The Morgan fingerprint density at radius 3 is 2.17 bits per heavy atom. The Labute approximate surface area is 129 Å². The predicted molar refractivity (Wildman–Crippen MR) is 74.9 cm³/mol. The minimum atomic E-state index is -4.37. The van der Waals surface area contributed by atoms with Crippen LogP contribution in [0.2, 0.25) is 0 Å². The lowest BCUT2D eigenvalue weighted by Gasteiger charge is -2.32. The summed E-state index contributed by atoms with van der Waals surface area (Å²) in [5.74, 6) is -4.06. The third kappa shape index (κ3) is 3.28. The van der Waals surface area contributed by atoms with Gasteiger partial charge in [0.25, 0.3) is 0 Å². The molecule has 0 fully saturated rings. The molecule has 0 bridgehead atoms. The molecule has 0 aromatic heterocycles. The van der Waals surface area contributed by atoms with Gasteiger partial charge < -0.3 is 10.2 Å². The second-order valence-electron chi connectivity index (χ2n) is 5.22. The molecule has 2 unspecified atom stereocenters. The fourth-order valence-electron chi connectivity index (χ4n) is 2.65. The lowest BCUT2D eigenvalue weighted by atomic mass is 9.68. The van der Waals surface area contributed by atoms with E-state index < -0.39 is 35.9 Å². The molecular formula is C16H13F3O4. The first-order valence-electron chi connectivity index (χ1n) is 6.65. The predicted octanol–water partition coefficient (Wildman–Crippen LogP) is 2.94. The van der Waals surface area contributed by atoms with E-state index >= 15 is 0 Å². The zero-order valence-corrected chi connectivity index (χ0v) is 11.7. The molecule has 0 heterocycles. The van der Waals surface area contributed by atoms with Gasteiger partial charge in [-0.2, -0.15) is 13.2 Å². The van der Waals surface area contributed by atoms with Crippen molar-refractivity contribution in [2.24, 2.45) is 5.92 Å². The van der Waals surface area contributed by atoms with Gasteiger partial charge in [0.2, 0.25) is 0 Å². The van der Waals surface area contributed by atoms with Crippen LogP contribution in [0.5, 0.6) is 0 Å². The van der Waals surface area contributed by atoms with E-state index in [2.05, 4.69) is 0 Å². The van der Waals surface area contributed by atoms with E-state index in [0.717, 1.165) is 0 Å². The molecule has 0 amide bonds. The monoisotopic (exact) mass is 326 g/mol. The summed E-state index contributed by atoms with van der Waals surface area (Å²) in [6.45, 7) is 0. The number of alkyl halides is 3. The Morgan fingerprint density at radius 2 is 1.70 bits per heavy atom. The molecule has 4 nitrogen and oxygen atoms in total. The minimum Gasteiger partial charge on any atom is -0.481 e. The molecule has 0 saturated carbocycles. The van der Waals surface area contributed by atoms with Crippen molar-refractivity contribution >= 4 is 11.9 Å². The van der Waals surface area contributed by atoms with Crippen LogP contribution in [0.25, 0.3) is 0 Å². The number of aliphatic carboxylic acids is 2. The van der Waals surface area contributed by atoms with Crippen LogP contribution in [0.3, 0.4) is 0 Å². The molecular weight excluding hydrogens is 313 g/mol. The smallest absolute Gasteiger partial charge is 0.393 e. The maximum Gasteiger partial charge on any atom is 0.393 e. The molecule has 1 aromatic rings. The summed E-state index contributed by atoms with van der Waals surface area (Å²) < 4.78 is 37.1. The molecule has 0 aliphatic heterocycles. The van der Waals surface area contributed by atoms with Crippen molar-refractivity contribution in [3.63, 3.8) is 0 Å². The van der Waals surface area contributed by atoms with Crippen LogP contribution in [0.1, 0.15) is 11.1 Å². The Hall–Kier alpha value is -2.57. The van der Waals surface area contributed by atoms with Gasteiger partial charge in [-0.1, -0.05) is 48.6 Å². The van der Waals surface area contributed by atoms with Gasteiger partial charge in [0, 0.05) is 0 Å². The Morgan fingerprint density at radius 1 is 1.09 bits per heavy atom. The molecule has 1 aliphatic rings. The van der Waals surface area contributed by atoms with E-state index in [4.69, 9.17) is 0 Å². The highest BCUT2D eigenvalue weighted by Crippen LogP contribution is 2.38. The summed E-state index contributed by atoms with van der Waals surface area (Å²) in [6.07, 6.45) is -0.170. The SMILES string of the molecule is O=C(O)C1C=CC=CC1(C(=O)O)c1ccc(CC(F)(F)F)cc1. The molecule has 0 spiro atoms. The first kappa shape index (κ1) is 16.8. The molecule has 23 heavy (non-hydrogen) atoms. The van der Waals surface area contributed by atoms with E-state index in [0.29, 0.717) is 0 Å². The standard InChI is InChI=1S/C16H13F3O4/c17-16(18,19)9-10-4-6-11(7-5-10)15(14(22)23)8-2-1-3-12(15)13(20)21/h1-8,12H,9H2,(H,20,21)(H,22,23). The van der Waals surface area contributed by atoms with Crippen molar-refractivity contribution in [3.8, 4) is 0 Å². The third-order valence-corrected chi connectivity index (χ3v) is 3.72. The molecule has 1 aliphatic carbocycles. The van der Waals surface area contributed by atoms with Crippen LogP contribution >= 0.6 is 0 Å². The zero-order valence-electron chi connectivity index (χ0n) is 11.7. The van der Waals surface area contributed by atoms with E-state index in [1.54, 1.807) is 0 Å². The second-order valence-corrected chi connectivity index (χ2v) is 5.22. The van der Waals surface area contributed by atoms with E-state index in [1.807, 2.05) is 0 Å². The Balaban J connectivity index is 2.46. The van der Waals surface area contributed by atoms with Crippen molar-refractivity contribution in [1.29, 1.82) is 0 Å². The number of rotatable bonds is 4. The number of hydrogen-bond donors (Lipinski definition) is 2. The second kappa shape index (κ2) is 5.91. The number of carboxylic acids is 2. The van der Waals surface area contributed by atoms with E-state index in [1.165, 1.54) is 48.6 Å². The summed E-state index contributed by atoms with van der Waals surface area (Å²) in [5, 5.41) is 18.9. The van der Waals surface area contributed by atoms with Crippen LogP contribution < -0.4 is 0 Å². The highest BCUT2D eigenvalue weighted by Gasteiger charge is 2.49. The maximum atomic E-state index is 12.4. The lowest BCUT2D eigenvalue weighted by molar-refractivity contribution is -0.152. The van der Waals surface area contributed by atoms with Gasteiger partial charge in [-0.3, -0.25) is 9.59 Å². The highest BCUT2D eigenvalue weighted by molar-refractivity contribution is 5.92. The highest BCUT2D eigenvalue weighted by atomic mass is 19.4. The van der Waals surface area contributed by atoms with Crippen molar-refractivity contribution in [1.82, 2.24) is 0 Å². The minimum absolute atomic E-state index is 0.0241. The van der Waals surface area contributed by atoms with Crippen molar-refractivity contribution < 1.29 is 33.0 Å². The van der Waals surface area contributed by atoms with Crippen LogP contribution in [0, 0.1) is 5.92 Å². The van der Waals surface area contributed by atoms with Gasteiger partial charge in [-0.15, -0.1) is 0 Å². The summed E-state index contributed by atoms with van der Waals surface area (Å²) in [5.41, 5.74) is -1.76. The number of hydrogen-bond acceptors (Lipinski definition) is 2. The molecule has 7 heteroatoms. The molecule has 1 aromatic carbocycles. The van der Waals surface area contributed by atoms with Crippen molar-refractivity contribution in [2.75, 3.05) is 0 Å². The van der Waals surface area contributed by atoms with Crippen LogP contribution in [0.15, 0.2) is 48.6 Å². The Bertz CT molecular complexity index is 674. The van der Waals surface area contributed by atoms with Gasteiger partial charge in [-0.25, -0.2) is 0 Å². The number of halogens is 3.